The van der Waals surface area contributed by atoms with Crippen LogP contribution in [-0.2, 0) is 14.3 Å². The number of ether oxygens (including phenoxy) is 4. The monoisotopic (exact) mass is 410 g/mol. The Balaban J connectivity index is 2.11. The number of hydrogen-bond donors (Lipinski definition) is 0. The molecule has 158 valence electrons. The van der Waals surface area contributed by atoms with Gasteiger partial charge in [0.25, 0.3) is 0 Å². The molecule has 6 heteroatoms. The number of ketones is 1. The summed E-state index contributed by atoms with van der Waals surface area (Å²) in [7, 11) is 4.72. The predicted molar refractivity (Wildman–Crippen MR) is 113 cm³/mol. The molecule has 0 radical (unpaired) electrons. The zero-order valence-electron chi connectivity index (χ0n) is 17.6. The van der Waals surface area contributed by atoms with Gasteiger partial charge in [0.15, 0.2) is 5.78 Å². The third-order valence-corrected chi connectivity index (χ3v) is 5.30. The van der Waals surface area contributed by atoms with Gasteiger partial charge in [0.05, 0.1) is 27.9 Å². The molecule has 0 unspecified atom stereocenters. The molecule has 2 aromatic carbocycles. The number of allylic oxidation sites excluding steroid dienone is 2. The molecule has 0 saturated heterocycles. The zero-order valence-corrected chi connectivity index (χ0v) is 17.6. The summed E-state index contributed by atoms with van der Waals surface area (Å²) in [6.45, 7) is 1.93. The van der Waals surface area contributed by atoms with E-state index in [-0.39, 0.29) is 12.4 Å². The molecule has 0 amide bonds. The van der Waals surface area contributed by atoms with Gasteiger partial charge in [-0.3, -0.25) is 9.59 Å². The van der Waals surface area contributed by atoms with Gasteiger partial charge < -0.3 is 18.9 Å². The molecular formula is C24H26O6. The highest BCUT2D eigenvalue weighted by Crippen LogP contribution is 2.47. The molecule has 0 saturated carbocycles. The van der Waals surface area contributed by atoms with Crippen LogP contribution in [0.3, 0.4) is 0 Å². The van der Waals surface area contributed by atoms with Crippen LogP contribution in [0.2, 0.25) is 0 Å². The number of carbonyl (C=O) groups excluding carboxylic acids is 2. The number of methoxy groups -OCH3 is 3. The summed E-state index contributed by atoms with van der Waals surface area (Å²) in [5.41, 5.74) is 2.42. The zero-order chi connectivity index (χ0) is 21.7. The van der Waals surface area contributed by atoms with Crippen molar-refractivity contribution in [2.75, 3.05) is 27.9 Å². The quantitative estimate of drug-likeness (QED) is 0.507. The predicted octanol–water partition coefficient (Wildman–Crippen LogP) is 4.03. The fourth-order valence-electron chi connectivity index (χ4n) is 3.91. The average molecular weight is 410 g/mol. The van der Waals surface area contributed by atoms with Crippen LogP contribution in [0.15, 0.2) is 48.5 Å². The smallest absolute Gasteiger partial charge is 0.317 e. The number of carbonyl (C=O) groups is 2. The number of esters is 1. The van der Waals surface area contributed by atoms with Crippen molar-refractivity contribution < 1.29 is 28.5 Å². The van der Waals surface area contributed by atoms with Crippen molar-refractivity contribution in [3.05, 3.63) is 59.7 Å². The lowest BCUT2D eigenvalue weighted by molar-refractivity contribution is -0.151. The van der Waals surface area contributed by atoms with E-state index >= 15 is 0 Å². The molecule has 1 aliphatic rings. The van der Waals surface area contributed by atoms with Gasteiger partial charge in [-0.15, -0.1) is 0 Å². The lowest BCUT2D eigenvalue weighted by Gasteiger charge is -2.31. The van der Waals surface area contributed by atoms with Gasteiger partial charge in [-0.2, -0.15) is 0 Å². The van der Waals surface area contributed by atoms with Gasteiger partial charge in [0.1, 0.15) is 23.2 Å². The third-order valence-electron chi connectivity index (χ3n) is 5.30. The third kappa shape index (κ3) is 4.17. The maximum Gasteiger partial charge on any atom is 0.317 e. The van der Waals surface area contributed by atoms with Crippen LogP contribution in [0.4, 0.5) is 0 Å². The molecule has 0 N–H and O–H groups in total. The van der Waals surface area contributed by atoms with Crippen LogP contribution in [0.1, 0.15) is 30.4 Å². The van der Waals surface area contributed by atoms with Crippen molar-refractivity contribution in [1.29, 1.82) is 0 Å². The fourth-order valence-corrected chi connectivity index (χ4v) is 3.91. The van der Waals surface area contributed by atoms with E-state index in [9.17, 15) is 9.59 Å². The molecule has 3 rings (SSSR count). The molecule has 0 aliphatic heterocycles. The van der Waals surface area contributed by atoms with Gasteiger partial charge >= 0.3 is 5.97 Å². The van der Waals surface area contributed by atoms with Crippen LogP contribution in [0.5, 0.6) is 17.2 Å². The van der Waals surface area contributed by atoms with Crippen molar-refractivity contribution in [3.8, 4) is 17.2 Å². The highest BCUT2D eigenvalue weighted by atomic mass is 16.5. The molecule has 2 atom stereocenters. The second-order valence-electron chi connectivity index (χ2n) is 6.92. The average Bonchev–Trinajstić information content (AvgIpc) is 2.78. The molecule has 1 aliphatic carbocycles. The van der Waals surface area contributed by atoms with Crippen LogP contribution < -0.4 is 14.2 Å². The number of rotatable bonds is 7. The van der Waals surface area contributed by atoms with E-state index < -0.39 is 17.8 Å². The molecule has 0 fully saturated rings. The molecule has 0 bridgehead atoms. The maximum atomic E-state index is 13.1. The van der Waals surface area contributed by atoms with E-state index in [0.29, 0.717) is 23.5 Å². The largest absolute Gasteiger partial charge is 0.497 e. The molecule has 0 aromatic heterocycles. The second-order valence-corrected chi connectivity index (χ2v) is 6.92. The van der Waals surface area contributed by atoms with Crippen molar-refractivity contribution in [3.63, 3.8) is 0 Å². The lowest BCUT2D eigenvalue weighted by Crippen LogP contribution is -2.34. The maximum absolute atomic E-state index is 13.1. The molecule has 0 heterocycles. The van der Waals surface area contributed by atoms with Crippen LogP contribution in [-0.4, -0.2) is 39.7 Å². The SMILES string of the molecule is CCOC(=O)[C@H]1C(=O)C=C(c2ccc(OC)cc2)C[C@H]1c1c(OC)cccc1OC. The minimum absolute atomic E-state index is 0.202. The highest BCUT2D eigenvalue weighted by Gasteiger charge is 2.42. The van der Waals surface area contributed by atoms with Crippen LogP contribution in [0, 0.1) is 5.92 Å². The summed E-state index contributed by atoms with van der Waals surface area (Å²) in [5.74, 6) is -0.403. The Kier molecular flexibility index (Phi) is 6.77. The molecule has 6 nitrogen and oxygen atoms in total. The minimum atomic E-state index is -0.961. The Labute approximate surface area is 176 Å². The van der Waals surface area contributed by atoms with Crippen molar-refractivity contribution in [1.82, 2.24) is 0 Å². The van der Waals surface area contributed by atoms with Crippen molar-refractivity contribution >= 4 is 17.3 Å². The van der Waals surface area contributed by atoms with Gasteiger partial charge in [-0.1, -0.05) is 18.2 Å². The number of benzene rings is 2. The summed E-state index contributed by atoms with van der Waals surface area (Å²) in [6, 6.07) is 12.9. The van der Waals surface area contributed by atoms with Gasteiger partial charge in [0.2, 0.25) is 0 Å². The molecule has 30 heavy (non-hydrogen) atoms. The fraction of sp³-hybridized carbons (Fsp3) is 0.333. The Hall–Kier alpha value is -3.28. The molecule has 2 aromatic rings. The molecular weight excluding hydrogens is 384 g/mol. The van der Waals surface area contributed by atoms with Gasteiger partial charge in [0, 0.05) is 11.5 Å². The van der Waals surface area contributed by atoms with Crippen LogP contribution in [0.25, 0.3) is 5.57 Å². The first-order chi connectivity index (χ1) is 14.5. The van der Waals surface area contributed by atoms with E-state index in [1.54, 1.807) is 46.5 Å². The molecule has 0 spiro atoms. The number of hydrogen-bond acceptors (Lipinski definition) is 6. The first-order valence-electron chi connectivity index (χ1n) is 9.80. The van der Waals surface area contributed by atoms with E-state index in [2.05, 4.69) is 0 Å². The standard InChI is InChI=1S/C24H26O6/c1-5-30-24(26)22-18(23-20(28-3)7-6-8-21(23)29-4)13-16(14-19(22)25)15-9-11-17(27-2)12-10-15/h6-12,14,18,22H,5,13H2,1-4H3/t18-,22-/m1/s1. The summed E-state index contributed by atoms with van der Waals surface area (Å²) < 4.78 is 21.6. The Morgan fingerprint density at radius 1 is 0.967 bits per heavy atom. The summed E-state index contributed by atoms with van der Waals surface area (Å²) >= 11 is 0. The topological polar surface area (TPSA) is 71.1 Å². The van der Waals surface area contributed by atoms with E-state index in [1.165, 1.54) is 0 Å². The first kappa shape index (κ1) is 21.4. The Morgan fingerprint density at radius 3 is 2.13 bits per heavy atom. The minimum Gasteiger partial charge on any atom is -0.497 e. The highest BCUT2D eigenvalue weighted by molar-refractivity contribution is 6.10. The first-order valence-corrected chi connectivity index (χ1v) is 9.80. The summed E-state index contributed by atoms with van der Waals surface area (Å²) in [6.07, 6.45) is 2.00. The van der Waals surface area contributed by atoms with Gasteiger partial charge in [-0.25, -0.2) is 0 Å². The van der Waals surface area contributed by atoms with Crippen LogP contribution >= 0.6 is 0 Å². The normalized spacial score (nSPS) is 18.4. The van der Waals surface area contributed by atoms with Crippen molar-refractivity contribution in [2.45, 2.75) is 19.3 Å². The second kappa shape index (κ2) is 9.48. The summed E-state index contributed by atoms with van der Waals surface area (Å²) in [4.78, 5) is 25.9. The lowest BCUT2D eigenvalue weighted by atomic mass is 9.73. The van der Waals surface area contributed by atoms with E-state index in [1.807, 2.05) is 30.3 Å². The summed E-state index contributed by atoms with van der Waals surface area (Å²) in [5, 5.41) is 0. The van der Waals surface area contributed by atoms with Gasteiger partial charge in [-0.05, 0) is 54.8 Å². The van der Waals surface area contributed by atoms with Crippen molar-refractivity contribution in [2.24, 2.45) is 5.92 Å². The van der Waals surface area contributed by atoms with E-state index in [0.717, 1.165) is 16.9 Å². The Bertz CT molecular complexity index is 922. The Morgan fingerprint density at radius 2 is 1.60 bits per heavy atom. The van der Waals surface area contributed by atoms with E-state index in [4.69, 9.17) is 18.9 Å².